The normalized spacial score (nSPS) is 13.1. The fraction of sp³-hybridized carbons (Fsp3) is 0.627. The third-order valence-corrected chi connectivity index (χ3v) is 12.1. The van der Waals surface area contributed by atoms with E-state index in [0.29, 0.717) is 19.3 Å². The second kappa shape index (κ2) is 60.1. The van der Waals surface area contributed by atoms with E-state index in [4.69, 9.17) is 14.2 Å². The van der Waals surface area contributed by atoms with Gasteiger partial charge in [0.05, 0.1) is 0 Å². The molecule has 0 saturated heterocycles. The van der Waals surface area contributed by atoms with E-state index in [0.717, 1.165) is 96.3 Å². The third kappa shape index (κ3) is 58.3. The predicted octanol–water partition coefficient (Wildman–Crippen LogP) is 20.2. The summed E-state index contributed by atoms with van der Waals surface area (Å²) < 4.78 is 16.8. The topological polar surface area (TPSA) is 78.9 Å². The molecule has 0 aromatic carbocycles. The summed E-state index contributed by atoms with van der Waals surface area (Å²) in [4.78, 5) is 38.2. The van der Waals surface area contributed by atoms with Crippen LogP contribution >= 0.6 is 0 Å². The van der Waals surface area contributed by atoms with Crippen LogP contribution in [0.25, 0.3) is 0 Å². The molecule has 412 valence electrons. The lowest BCUT2D eigenvalue weighted by atomic mass is 10.1. The Morgan fingerprint density at radius 1 is 0.288 bits per heavy atom. The van der Waals surface area contributed by atoms with Crippen LogP contribution in [0.1, 0.15) is 252 Å². The summed E-state index contributed by atoms with van der Waals surface area (Å²) in [5, 5.41) is 0. The first-order valence-corrected chi connectivity index (χ1v) is 29.7. The lowest BCUT2D eigenvalue weighted by Gasteiger charge is -2.18. The number of hydrogen-bond donors (Lipinski definition) is 0. The molecule has 73 heavy (non-hydrogen) atoms. The van der Waals surface area contributed by atoms with Crippen molar-refractivity contribution in [2.75, 3.05) is 13.2 Å². The van der Waals surface area contributed by atoms with Gasteiger partial charge in [-0.15, -0.1) is 0 Å². The van der Waals surface area contributed by atoms with Gasteiger partial charge in [0.25, 0.3) is 0 Å². The zero-order valence-electron chi connectivity index (χ0n) is 47.1. The second-order valence-electron chi connectivity index (χ2n) is 19.1. The van der Waals surface area contributed by atoms with E-state index in [-0.39, 0.29) is 38.0 Å². The summed E-state index contributed by atoms with van der Waals surface area (Å²) in [6.45, 7) is 6.31. The number of esters is 3. The van der Waals surface area contributed by atoms with Crippen molar-refractivity contribution in [3.05, 3.63) is 134 Å². The molecule has 6 heteroatoms. The molecule has 0 fully saturated rings. The average Bonchev–Trinajstić information content (AvgIpc) is 3.39. The number of ether oxygens (including phenoxy) is 3. The average molecular weight is 1010 g/mol. The van der Waals surface area contributed by atoms with Gasteiger partial charge in [-0.25, -0.2) is 0 Å². The molecular formula is C67H108O6. The van der Waals surface area contributed by atoms with E-state index in [1.165, 1.54) is 103 Å². The van der Waals surface area contributed by atoms with E-state index in [1.807, 2.05) is 12.2 Å². The fourth-order valence-electron chi connectivity index (χ4n) is 7.75. The Kier molecular flexibility index (Phi) is 56.4. The molecule has 0 saturated carbocycles. The molecule has 0 heterocycles. The molecule has 1 atom stereocenters. The number of carbonyl (C=O) groups is 3. The summed E-state index contributed by atoms with van der Waals surface area (Å²) in [6.07, 6.45) is 84.6. The first-order valence-electron chi connectivity index (χ1n) is 29.7. The quantitative estimate of drug-likeness (QED) is 0.0261. The number of unbranched alkanes of at least 4 members (excludes halogenated alkanes) is 19. The van der Waals surface area contributed by atoms with Crippen molar-refractivity contribution in [3.63, 3.8) is 0 Å². The highest BCUT2D eigenvalue weighted by Crippen LogP contribution is 2.14. The van der Waals surface area contributed by atoms with Gasteiger partial charge in [-0.3, -0.25) is 14.4 Å². The van der Waals surface area contributed by atoms with Crippen LogP contribution in [0.5, 0.6) is 0 Å². The fourth-order valence-corrected chi connectivity index (χ4v) is 7.75. The molecule has 0 amide bonds. The monoisotopic (exact) mass is 1010 g/mol. The Morgan fingerprint density at radius 2 is 0.562 bits per heavy atom. The van der Waals surface area contributed by atoms with E-state index in [1.54, 1.807) is 0 Å². The molecule has 0 aromatic rings. The summed E-state index contributed by atoms with van der Waals surface area (Å²) in [6, 6.07) is 0. The maximum atomic E-state index is 12.8. The molecule has 0 bridgehead atoms. The minimum atomic E-state index is -0.842. The molecular weight excluding hydrogens is 901 g/mol. The van der Waals surface area contributed by atoms with Crippen molar-refractivity contribution >= 4 is 17.9 Å². The van der Waals surface area contributed by atoms with E-state index in [9.17, 15) is 14.4 Å². The van der Waals surface area contributed by atoms with Crippen LogP contribution in [0.3, 0.4) is 0 Å². The summed E-state index contributed by atoms with van der Waals surface area (Å²) in [7, 11) is 0. The first kappa shape index (κ1) is 68.6. The zero-order valence-corrected chi connectivity index (χ0v) is 47.1. The number of rotatable bonds is 52. The largest absolute Gasteiger partial charge is 0.462 e. The summed E-state index contributed by atoms with van der Waals surface area (Å²) in [5.41, 5.74) is 0. The molecule has 0 aliphatic rings. The third-order valence-electron chi connectivity index (χ3n) is 12.1. The predicted molar refractivity (Wildman–Crippen MR) is 316 cm³/mol. The van der Waals surface area contributed by atoms with Gasteiger partial charge < -0.3 is 14.2 Å². The SMILES string of the molecule is CC/C=C\C/C=C\C/C=C\C/C=C\C/C=C\C/C=C\CCC(=O)OC(COC(=O)CCCC/C=C\C/C=C\C/C=C\C/C=C\CC)COC(=O)CCCCCCCCCCC/C=C\CCCCCCCCCC. The number of carbonyl (C=O) groups excluding carboxylic acids is 3. The maximum Gasteiger partial charge on any atom is 0.306 e. The molecule has 6 nitrogen and oxygen atoms in total. The van der Waals surface area contributed by atoms with E-state index < -0.39 is 12.1 Å². The van der Waals surface area contributed by atoms with Crippen molar-refractivity contribution in [3.8, 4) is 0 Å². The first-order chi connectivity index (χ1) is 36.0. The number of hydrogen-bond acceptors (Lipinski definition) is 6. The molecule has 0 aliphatic heterocycles. The van der Waals surface area contributed by atoms with Crippen molar-refractivity contribution < 1.29 is 28.6 Å². The van der Waals surface area contributed by atoms with Gasteiger partial charge in [0, 0.05) is 19.3 Å². The van der Waals surface area contributed by atoms with Gasteiger partial charge in [-0.2, -0.15) is 0 Å². The summed E-state index contributed by atoms with van der Waals surface area (Å²) in [5.74, 6) is -1.06. The van der Waals surface area contributed by atoms with Crippen molar-refractivity contribution in [1.82, 2.24) is 0 Å². The van der Waals surface area contributed by atoms with Crippen LogP contribution in [-0.2, 0) is 28.6 Å². The van der Waals surface area contributed by atoms with Gasteiger partial charge in [-0.1, -0.05) is 244 Å². The summed E-state index contributed by atoms with van der Waals surface area (Å²) >= 11 is 0. The van der Waals surface area contributed by atoms with Crippen LogP contribution < -0.4 is 0 Å². The lowest BCUT2D eigenvalue weighted by molar-refractivity contribution is -0.166. The molecule has 0 rings (SSSR count). The van der Waals surface area contributed by atoms with Crippen LogP contribution in [0.2, 0.25) is 0 Å². The van der Waals surface area contributed by atoms with Crippen molar-refractivity contribution in [1.29, 1.82) is 0 Å². The van der Waals surface area contributed by atoms with E-state index in [2.05, 4.69) is 142 Å². The molecule has 0 spiro atoms. The smallest absolute Gasteiger partial charge is 0.306 e. The maximum absolute atomic E-state index is 12.8. The Hall–Kier alpha value is -4.45. The Labute approximate surface area is 449 Å². The number of allylic oxidation sites excluding steroid dienone is 22. The Bertz CT molecular complexity index is 1580. The minimum absolute atomic E-state index is 0.126. The molecule has 0 aromatic heterocycles. The second-order valence-corrected chi connectivity index (χ2v) is 19.1. The molecule has 1 unspecified atom stereocenters. The van der Waals surface area contributed by atoms with E-state index >= 15 is 0 Å². The van der Waals surface area contributed by atoms with Crippen molar-refractivity contribution in [2.45, 2.75) is 258 Å². The minimum Gasteiger partial charge on any atom is -0.462 e. The lowest BCUT2D eigenvalue weighted by Crippen LogP contribution is -2.30. The Morgan fingerprint density at radius 3 is 0.932 bits per heavy atom. The zero-order chi connectivity index (χ0) is 52.9. The Balaban J connectivity index is 4.54. The van der Waals surface area contributed by atoms with Gasteiger partial charge >= 0.3 is 17.9 Å². The van der Waals surface area contributed by atoms with Gasteiger partial charge in [0.15, 0.2) is 6.10 Å². The van der Waals surface area contributed by atoms with Gasteiger partial charge in [-0.05, 0) is 122 Å². The van der Waals surface area contributed by atoms with Crippen molar-refractivity contribution in [2.24, 2.45) is 0 Å². The van der Waals surface area contributed by atoms with Crippen LogP contribution in [0, 0.1) is 0 Å². The standard InChI is InChI=1S/C67H108O6/c1-4-7-10-13-16-19-22-25-28-30-32-33-35-36-39-42-45-48-51-54-57-60-66(69)72-63-64(62-71-65(68)59-56-53-50-47-44-41-38-27-24-21-18-15-12-9-6-3)73-67(70)61-58-55-52-49-46-43-40-37-34-31-29-26-23-20-17-14-11-8-5-2/h8-9,11-12,17-18,20-21,26-27,29-30,32,34,37-38,43-44,46-47,52,55,64H,4-7,10,13-16,19,22-25,28,31,33,35-36,39-42,45,48-51,53-54,56-63H2,1-3H3/b11-8-,12-9-,20-17-,21-18-,29-26-,32-30-,37-34-,38-27-,46-43-,47-44-,55-52-. The molecule has 0 aliphatic carbocycles. The molecule has 0 N–H and O–H groups in total. The van der Waals surface area contributed by atoms with Crippen LogP contribution in [-0.4, -0.2) is 37.2 Å². The highest BCUT2D eigenvalue weighted by atomic mass is 16.6. The molecule has 0 radical (unpaired) electrons. The highest BCUT2D eigenvalue weighted by molar-refractivity contribution is 5.71. The van der Waals surface area contributed by atoms with Crippen LogP contribution in [0.4, 0.5) is 0 Å². The van der Waals surface area contributed by atoms with Gasteiger partial charge in [0.1, 0.15) is 13.2 Å². The highest BCUT2D eigenvalue weighted by Gasteiger charge is 2.19. The van der Waals surface area contributed by atoms with Crippen LogP contribution in [0.15, 0.2) is 134 Å². The van der Waals surface area contributed by atoms with Gasteiger partial charge in [0.2, 0.25) is 0 Å².